The zero-order valence-corrected chi connectivity index (χ0v) is 19.9. The zero-order valence-electron chi connectivity index (χ0n) is 18.2. The summed E-state index contributed by atoms with van der Waals surface area (Å²) in [5.41, 5.74) is 10.5. The van der Waals surface area contributed by atoms with Crippen LogP contribution >= 0.6 is 11.8 Å². The first-order valence-electron chi connectivity index (χ1n) is 10.1. The molecule has 0 unspecified atom stereocenters. The molecule has 14 heteroatoms. The van der Waals surface area contributed by atoms with E-state index in [9.17, 15) is 13.2 Å². The molecule has 12 nitrogen and oxygen atoms in total. The van der Waals surface area contributed by atoms with Crippen molar-refractivity contribution in [1.82, 2.24) is 34.4 Å². The van der Waals surface area contributed by atoms with Crippen LogP contribution in [0.5, 0.6) is 0 Å². The van der Waals surface area contributed by atoms with E-state index in [0.717, 1.165) is 11.8 Å². The van der Waals surface area contributed by atoms with Crippen molar-refractivity contribution < 1.29 is 13.2 Å². The van der Waals surface area contributed by atoms with E-state index in [2.05, 4.69) is 30.7 Å². The first-order valence-corrected chi connectivity index (χ1v) is 12.6. The molecule has 3 heterocycles. The van der Waals surface area contributed by atoms with E-state index in [-0.39, 0.29) is 16.6 Å². The number of nitrogen functional groups attached to an aromatic ring is 1. The van der Waals surface area contributed by atoms with Crippen LogP contribution in [0.1, 0.15) is 19.5 Å². The lowest BCUT2D eigenvalue weighted by molar-refractivity contribution is -0.114. The molecule has 4 N–H and O–H groups in total. The molecule has 0 spiro atoms. The highest BCUT2D eigenvalue weighted by Crippen LogP contribution is 2.27. The first kappa shape index (κ1) is 22.9. The molecule has 33 heavy (non-hydrogen) atoms. The highest BCUT2D eigenvalue weighted by atomic mass is 32.2. The van der Waals surface area contributed by atoms with Gasteiger partial charge in [0.25, 0.3) is 5.91 Å². The van der Waals surface area contributed by atoms with Gasteiger partial charge >= 0.3 is 0 Å². The number of nitrogens with zero attached hydrogens (tertiary/aromatic N) is 6. The Kier molecular flexibility index (Phi) is 6.23. The number of carbonyl (C=O) groups is 1. The van der Waals surface area contributed by atoms with E-state index in [0.29, 0.717) is 51.8 Å². The summed E-state index contributed by atoms with van der Waals surface area (Å²) in [5.74, 6) is 0.0434. The molecule has 0 aliphatic rings. The van der Waals surface area contributed by atoms with E-state index < -0.39 is 10.0 Å². The SMILES string of the molecule is CCN(CC)S(=O)(=O)c1ccc2[nH]c3nc(SCC(=O)Nn4nc(N)cc4C)nnc3c2c1. The number of nitrogens with two attached hydrogens (primary N) is 1. The molecule has 0 saturated heterocycles. The van der Waals surface area contributed by atoms with Crippen LogP contribution in [0.4, 0.5) is 5.82 Å². The van der Waals surface area contributed by atoms with Gasteiger partial charge in [0.2, 0.25) is 15.2 Å². The first-order chi connectivity index (χ1) is 15.7. The van der Waals surface area contributed by atoms with Gasteiger partial charge in [0.1, 0.15) is 11.3 Å². The van der Waals surface area contributed by atoms with E-state index in [1.54, 1.807) is 45.0 Å². The zero-order chi connectivity index (χ0) is 23.8. The Balaban J connectivity index is 1.55. The number of sulfonamides is 1. The minimum Gasteiger partial charge on any atom is -0.382 e. The van der Waals surface area contributed by atoms with Gasteiger partial charge < -0.3 is 10.7 Å². The van der Waals surface area contributed by atoms with Crippen molar-refractivity contribution >= 4 is 55.6 Å². The quantitative estimate of drug-likeness (QED) is 0.311. The minimum atomic E-state index is -3.61. The number of fused-ring (bicyclic) bond motifs is 3. The third-order valence-corrected chi connectivity index (χ3v) is 7.86. The number of rotatable bonds is 8. The van der Waals surface area contributed by atoms with E-state index in [4.69, 9.17) is 5.73 Å². The number of aryl methyl sites for hydroxylation is 1. The molecule has 0 aliphatic heterocycles. The molecule has 4 rings (SSSR count). The van der Waals surface area contributed by atoms with Crippen LogP contribution in [0.15, 0.2) is 34.3 Å². The van der Waals surface area contributed by atoms with E-state index in [1.165, 1.54) is 9.10 Å². The van der Waals surface area contributed by atoms with Crippen LogP contribution < -0.4 is 11.2 Å². The summed E-state index contributed by atoms with van der Waals surface area (Å²) in [6.45, 7) is 6.13. The number of amides is 1. The number of carbonyl (C=O) groups excluding carboxylic acids is 1. The standard InChI is InChI=1S/C19H23N9O3S2/c1-4-27(5-2)33(30,31)12-6-7-14-13(9-12)17-18(21-14)22-19(24-23-17)32-10-16(29)26-28-11(3)8-15(20)25-28/h6-9H,4-5,10H2,1-3H3,(H2,20,25)(H,26,29)(H,21,22,24). The number of benzene rings is 1. The van der Waals surface area contributed by atoms with Crippen LogP contribution in [-0.2, 0) is 14.8 Å². The molecular formula is C19H23N9O3S2. The molecule has 1 amide bonds. The predicted octanol–water partition coefficient (Wildman–Crippen LogP) is 1.49. The summed E-state index contributed by atoms with van der Waals surface area (Å²) in [5, 5.41) is 13.2. The predicted molar refractivity (Wildman–Crippen MR) is 126 cm³/mol. The fourth-order valence-corrected chi connectivity index (χ4v) is 5.43. The number of aromatic nitrogens is 6. The molecule has 0 saturated carbocycles. The second-order valence-electron chi connectivity index (χ2n) is 7.16. The van der Waals surface area contributed by atoms with Crippen molar-refractivity contribution in [2.75, 3.05) is 30.0 Å². The average molecular weight is 490 g/mol. The molecule has 0 radical (unpaired) electrons. The Bertz CT molecular complexity index is 1440. The second-order valence-corrected chi connectivity index (χ2v) is 10.0. The third-order valence-electron chi connectivity index (χ3n) is 4.98. The van der Waals surface area contributed by atoms with Crippen LogP contribution in [-0.4, -0.2) is 67.5 Å². The summed E-state index contributed by atoms with van der Waals surface area (Å²) in [4.78, 5) is 21.3. The Morgan fingerprint density at radius 1 is 1.24 bits per heavy atom. The Hall–Kier alpha value is -3.23. The lowest BCUT2D eigenvalue weighted by atomic mass is 10.2. The lowest BCUT2D eigenvalue weighted by Gasteiger charge is -2.18. The van der Waals surface area contributed by atoms with E-state index >= 15 is 0 Å². The molecule has 4 aromatic rings. The van der Waals surface area contributed by atoms with Gasteiger partial charge in [-0.05, 0) is 25.1 Å². The highest BCUT2D eigenvalue weighted by Gasteiger charge is 2.23. The second kappa shape index (κ2) is 8.96. The highest BCUT2D eigenvalue weighted by molar-refractivity contribution is 7.99. The van der Waals surface area contributed by atoms with Crippen molar-refractivity contribution in [2.24, 2.45) is 0 Å². The third kappa shape index (κ3) is 4.49. The molecule has 3 aromatic heterocycles. The van der Waals surface area contributed by atoms with Gasteiger partial charge in [-0.1, -0.05) is 25.6 Å². The Morgan fingerprint density at radius 2 is 2.00 bits per heavy atom. The van der Waals surface area contributed by atoms with Crippen molar-refractivity contribution in [2.45, 2.75) is 30.8 Å². The van der Waals surface area contributed by atoms with Gasteiger partial charge in [-0.15, -0.1) is 15.3 Å². The Labute approximate surface area is 194 Å². The largest absolute Gasteiger partial charge is 0.382 e. The van der Waals surface area contributed by atoms with Crippen LogP contribution in [0, 0.1) is 6.92 Å². The number of H-pyrrole nitrogens is 1. The van der Waals surface area contributed by atoms with Gasteiger partial charge in [-0.2, -0.15) is 9.10 Å². The number of thioether (sulfide) groups is 1. The molecule has 0 bridgehead atoms. The lowest BCUT2D eigenvalue weighted by Crippen LogP contribution is -2.30. The van der Waals surface area contributed by atoms with Crippen LogP contribution in [0.3, 0.4) is 0 Å². The summed E-state index contributed by atoms with van der Waals surface area (Å²) in [6, 6.07) is 6.47. The maximum Gasteiger partial charge on any atom is 0.250 e. The van der Waals surface area contributed by atoms with Crippen molar-refractivity contribution in [3.8, 4) is 0 Å². The van der Waals surface area contributed by atoms with Gasteiger partial charge in [-0.25, -0.2) is 18.8 Å². The summed E-state index contributed by atoms with van der Waals surface area (Å²) in [6.07, 6.45) is 0. The topological polar surface area (TPSA) is 165 Å². The maximum absolute atomic E-state index is 12.9. The molecule has 1 aromatic carbocycles. The van der Waals surface area contributed by atoms with Crippen LogP contribution in [0.25, 0.3) is 22.1 Å². The molecule has 174 valence electrons. The number of aromatic amines is 1. The van der Waals surface area contributed by atoms with Crippen molar-refractivity contribution in [3.05, 3.63) is 30.0 Å². The maximum atomic E-state index is 12.9. The Morgan fingerprint density at radius 3 is 2.67 bits per heavy atom. The fourth-order valence-electron chi connectivity index (χ4n) is 3.36. The summed E-state index contributed by atoms with van der Waals surface area (Å²) >= 11 is 1.11. The van der Waals surface area contributed by atoms with Gasteiger partial charge in [0.05, 0.1) is 16.3 Å². The number of nitrogens with one attached hydrogen (secondary N) is 2. The van der Waals surface area contributed by atoms with Crippen molar-refractivity contribution in [1.29, 1.82) is 0 Å². The summed E-state index contributed by atoms with van der Waals surface area (Å²) in [7, 11) is -3.61. The smallest absolute Gasteiger partial charge is 0.250 e. The molecule has 0 aliphatic carbocycles. The van der Waals surface area contributed by atoms with Gasteiger partial charge in [0.15, 0.2) is 5.65 Å². The fraction of sp³-hybridized carbons (Fsp3) is 0.316. The average Bonchev–Trinajstić information content (AvgIpc) is 3.30. The van der Waals surface area contributed by atoms with Crippen LogP contribution in [0.2, 0.25) is 0 Å². The van der Waals surface area contributed by atoms with Gasteiger partial charge in [0, 0.05) is 30.1 Å². The van der Waals surface area contributed by atoms with Crippen molar-refractivity contribution in [3.63, 3.8) is 0 Å². The van der Waals surface area contributed by atoms with E-state index in [1.807, 2.05) is 0 Å². The monoisotopic (exact) mass is 489 g/mol. The molecular weight excluding hydrogens is 466 g/mol. The van der Waals surface area contributed by atoms with Gasteiger partial charge in [-0.3, -0.25) is 4.79 Å². The normalized spacial score (nSPS) is 12.1. The minimum absolute atomic E-state index is 0.0406. The molecule has 0 fully saturated rings. The molecule has 0 atom stereocenters. The number of hydrogen-bond acceptors (Lipinski definition) is 9. The number of anilines is 1. The summed E-state index contributed by atoms with van der Waals surface area (Å²) < 4.78 is 27.1. The number of hydrogen-bond donors (Lipinski definition) is 3.